The number of hydrogen-bond acceptors (Lipinski definition) is 7. The average molecular weight is 448 g/mol. The highest BCUT2D eigenvalue weighted by atomic mass is 16.6. The fraction of sp³-hybridized carbons (Fsp3) is 0.292. The van der Waals surface area contributed by atoms with Crippen molar-refractivity contribution in [3.05, 3.63) is 70.9 Å². The summed E-state index contributed by atoms with van der Waals surface area (Å²) in [6, 6.07) is 15.7. The number of rotatable bonds is 6. The average Bonchev–Trinajstić information content (AvgIpc) is 2.84. The van der Waals surface area contributed by atoms with Crippen molar-refractivity contribution >= 4 is 39.8 Å². The number of anilines is 2. The molecule has 1 atom stereocenters. The van der Waals surface area contributed by atoms with Gasteiger partial charge in [-0.25, -0.2) is 0 Å². The summed E-state index contributed by atoms with van der Waals surface area (Å²) in [6.45, 7) is 2.53. The van der Waals surface area contributed by atoms with Gasteiger partial charge in [0.05, 0.1) is 22.0 Å². The fourth-order valence-electron chi connectivity index (χ4n) is 4.01. The van der Waals surface area contributed by atoms with Crippen LogP contribution >= 0.6 is 0 Å². The first-order chi connectivity index (χ1) is 15.9. The highest BCUT2D eigenvalue weighted by Crippen LogP contribution is 2.31. The Morgan fingerprint density at radius 2 is 1.88 bits per heavy atom. The number of piperidine rings is 1. The van der Waals surface area contributed by atoms with Gasteiger partial charge in [0.1, 0.15) is 5.69 Å². The first kappa shape index (κ1) is 22.2. The van der Waals surface area contributed by atoms with E-state index < -0.39 is 22.9 Å². The van der Waals surface area contributed by atoms with Crippen molar-refractivity contribution in [2.75, 3.05) is 23.3 Å². The molecule has 4 rings (SSSR count). The summed E-state index contributed by atoms with van der Waals surface area (Å²) in [7, 11) is 0. The molecule has 0 aliphatic carbocycles. The Labute approximate surface area is 190 Å². The number of nitro groups is 1. The van der Waals surface area contributed by atoms with Gasteiger partial charge in [-0.1, -0.05) is 18.2 Å². The van der Waals surface area contributed by atoms with E-state index in [9.17, 15) is 19.7 Å². The van der Waals surface area contributed by atoms with Crippen molar-refractivity contribution in [1.29, 1.82) is 0 Å². The number of hydrogen-bond donors (Lipinski definition) is 1. The van der Waals surface area contributed by atoms with E-state index in [0.29, 0.717) is 37.3 Å². The van der Waals surface area contributed by atoms with Crippen molar-refractivity contribution in [1.82, 2.24) is 4.98 Å². The molecule has 0 bridgehead atoms. The molecule has 2 aromatic carbocycles. The van der Waals surface area contributed by atoms with E-state index in [1.807, 2.05) is 17.0 Å². The monoisotopic (exact) mass is 448 g/mol. The molecule has 1 aliphatic heterocycles. The van der Waals surface area contributed by atoms with Crippen LogP contribution in [0.3, 0.4) is 0 Å². The number of carbonyl (C=O) groups is 2. The summed E-state index contributed by atoms with van der Waals surface area (Å²) in [5.74, 6) is -1.21. The smallest absolute Gasteiger partial charge is 0.309 e. The molecule has 1 unspecified atom stereocenters. The van der Waals surface area contributed by atoms with E-state index >= 15 is 0 Å². The molecule has 0 radical (unpaired) electrons. The SMILES string of the molecule is CC(OC(=O)C1CCN(c2ccccc2[N+](=O)[O-])CC1)C(=O)Nc1cccc2ncccc12. The summed E-state index contributed by atoms with van der Waals surface area (Å²) in [5, 5.41) is 14.9. The van der Waals surface area contributed by atoms with Gasteiger partial charge in [0.2, 0.25) is 0 Å². The Kier molecular flexibility index (Phi) is 6.48. The molecule has 9 nitrogen and oxygen atoms in total. The van der Waals surface area contributed by atoms with Crippen LogP contribution < -0.4 is 10.2 Å². The normalized spacial score (nSPS) is 15.1. The minimum absolute atomic E-state index is 0.0486. The van der Waals surface area contributed by atoms with Crippen LogP contribution in [0.25, 0.3) is 10.9 Å². The van der Waals surface area contributed by atoms with E-state index in [2.05, 4.69) is 10.3 Å². The lowest BCUT2D eigenvalue weighted by Crippen LogP contribution is -2.39. The van der Waals surface area contributed by atoms with E-state index in [-0.39, 0.29) is 11.6 Å². The van der Waals surface area contributed by atoms with Gasteiger partial charge in [0.15, 0.2) is 6.10 Å². The van der Waals surface area contributed by atoms with Gasteiger partial charge in [-0.2, -0.15) is 0 Å². The van der Waals surface area contributed by atoms with E-state index in [1.54, 1.807) is 49.5 Å². The van der Waals surface area contributed by atoms with Crippen LogP contribution in [-0.2, 0) is 14.3 Å². The predicted octanol–water partition coefficient (Wildman–Crippen LogP) is 3.93. The minimum Gasteiger partial charge on any atom is -0.452 e. The maximum atomic E-state index is 12.7. The topological polar surface area (TPSA) is 115 Å². The lowest BCUT2D eigenvalue weighted by molar-refractivity contribution is -0.384. The molecule has 1 aliphatic rings. The van der Waals surface area contributed by atoms with Crippen LogP contribution in [0.4, 0.5) is 17.1 Å². The molecular weight excluding hydrogens is 424 g/mol. The summed E-state index contributed by atoms with van der Waals surface area (Å²) in [5.41, 5.74) is 1.95. The predicted molar refractivity (Wildman–Crippen MR) is 124 cm³/mol. The number of ether oxygens (including phenoxy) is 1. The van der Waals surface area contributed by atoms with Crippen LogP contribution in [0.2, 0.25) is 0 Å². The van der Waals surface area contributed by atoms with Crippen molar-refractivity contribution in [2.24, 2.45) is 5.92 Å². The standard InChI is InChI=1S/C24H24N4O5/c1-16(23(29)26-20-8-4-7-19-18(20)6-5-13-25-19)33-24(30)17-11-14-27(15-12-17)21-9-2-3-10-22(21)28(31)32/h2-10,13,16-17H,11-12,14-15H2,1H3,(H,26,29). The van der Waals surface area contributed by atoms with Crippen molar-refractivity contribution in [3.63, 3.8) is 0 Å². The number of nitro benzene ring substituents is 1. The van der Waals surface area contributed by atoms with Gasteiger partial charge in [-0.15, -0.1) is 0 Å². The second-order valence-corrected chi connectivity index (χ2v) is 7.95. The summed E-state index contributed by atoms with van der Waals surface area (Å²) >= 11 is 0. The maximum absolute atomic E-state index is 12.7. The summed E-state index contributed by atoms with van der Waals surface area (Å²) < 4.78 is 5.45. The highest BCUT2D eigenvalue weighted by Gasteiger charge is 2.31. The van der Waals surface area contributed by atoms with Gasteiger partial charge in [-0.05, 0) is 50.1 Å². The number of benzene rings is 2. The number of nitrogens with one attached hydrogen (secondary N) is 1. The van der Waals surface area contributed by atoms with Crippen LogP contribution in [-0.4, -0.2) is 41.0 Å². The minimum atomic E-state index is -0.960. The van der Waals surface area contributed by atoms with Crippen LogP contribution in [0.5, 0.6) is 0 Å². The Hall–Kier alpha value is -4.01. The lowest BCUT2D eigenvalue weighted by atomic mass is 9.96. The third kappa shape index (κ3) is 4.92. The highest BCUT2D eigenvalue weighted by molar-refractivity contribution is 6.02. The van der Waals surface area contributed by atoms with Gasteiger partial charge in [-0.3, -0.25) is 24.7 Å². The van der Waals surface area contributed by atoms with Crippen LogP contribution in [0, 0.1) is 16.0 Å². The third-order valence-corrected chi connectivity index (χ3v) is 5.81. The fourth-order valence-corrected chi connectivity index (χ4v) is 4.01. The van der Waals surface area contributed by atoms with Crippen molar-refractivity contribution in [3.8, 4) is 0 Å². The number of pyridine rings is 1. The number of amides is 1. The lowest BCUT2D eigenvalue weighted by Gasteiger charge is -2.32. The molecule has 1 fully saturated rings. The van der Waals surface area contributed by atoms with E-state index in [0.717, 1.165) is 10.9 Å². The van der Waals surface area contributed by atoms with E-state index in [1.165, 1.54) is 6.07 Å². The summed E-state index contributed by atoms with van der Waals surface area (Å²) in [4.78, 5) is 42.4. The van der Waals surface area contributed by atoms with Crippen molar-refractivity contribution < 1.29 is 19.2 Å². The first-order valence-corrected chi connectivity index (χ1v) is 10.8. The van der Waals surface area contributed by atoms with Crippen LogP contribution in [0.1, 0.15) is 19.8 Å². The zero-order valence-electron chi connectivity index (χ0n) is 18.1. The molecule has 0 spiro atoms. The molecule has 33 heavy (non-hydrogen) atoms. The largest absolute Gasteiger partial charge is 0.452 e. The molecule has 1 aromatic heterocycles. The molecule has 9 heteroatoms. The number of para-hydroxylation sites is 2. The summed E-state index contributed by atoms with van der Waals surface area (Å²) in [6.07, 6.45) is 1.71. The number of nitrogens with zero attached hydrogens (tertiary/aromatic N) is 3. The quantitative estimate of drug-likeness (QED) is 0.345. The molecule has 170 valence electrons. The number of aromatic nitrogens is 1. The second kappa shape index (κ2) is 9.64. The number of fused-ring (bicyclic) bond motifs is 1. The molecule has 3 aromatic rings. The van der Waals surface area contributed by atoms with Gasteiger partial charge < -0.3 is 15.0 Å². The number of esters is 1. The van der Waals surface area contributed by atoms with Gasteiger partial charge >= 0.3 is 5.97 Å². The zero-order valence-corrected chi connectivity index (χ0v) is 18.1. The third-order valence-electron chi connectivity index (χ3n) is 5.81. The van der Waals surface area contributed by atoms with Crippen molar-refractivity contribution in [2.45, 2.75) is 25.9 Å². The Bertz CT molecular complexity index is 1180. The Morgan fingerprint density at radius 3 is 2.64 bits per heavy atom. The number of carbonyl (C=O) groups excluding carboxylic acids is 2. The van der Waals surface area contributed by atoms with Gasteiger partial charge in [0, 0.05) is 30.7 Å². The molecule has 2 heterocycles. The Balaban J connectivity index is 1.33. The molecule has 0 saturated carbocycles. The first-order valence-electron chi connectivity index (χ1n) is 10.8. The molecule has 1 N–H and O–H groups in total. The van der Waals surface area contributed by atoms with Gasteiger partial charge in [0.25, 0.3) is 11.6 Å². The molecule has 1 saturated heterocycles. The van der Waals surface area contributed by atoms with E-state index in [4.69, 9.17) is 4.74 Å². The Morgan fingerprint density at radius 1 is 1.12 bits per heavy atom. The van der Waals surface area contributed by atoms with Crippen LogP contribution in [0.15, 0.2) is 60.8 Å². The molecular formula is C24H24N4O5. The second-order valence-electron chi connectivity index (χ2n) is 7.95. The maximum Gasteiger partial charge on any atom is 0.309 e. The zero-order chi connectivity index (χ0) is 23.4. The molecule has 1 amide bonds.